The van der Waals surface area contributed by atoms with Crippen LogP contribution in [0.4, 0.5) is 0 Å². The molecule has 8 atom stereocenters. The van der Waals surface area contributed by atoms with Crippen molar-refractivity contribution in [3.05, 3.63) is 23.8 Å². The van der Waals surface area contributed by atoms with Gasteiger partial charge in [0.25, 0.3) is 0 Å². The smallest absolute Gasteiger partial charge is 0.192 e. The Morgan fingerprint density at radius 3 is 2.67 bits per heavy atom. The van der Waals surface area contributed by atoms with Crippen LogP contribution in [0.1, 0.15) is 39.5 Å². The van der Waals surface area contributed by atoms with Gasteiger partial charge in [0.2, 0.25) is 0 Å². The van der Waals surface area contributed by atoms with E-state index in [4.69, 9.17) is 0 Å². The molecule has 0 saturated heterocycles. The number of ketones is 2. The Morgan fingerprint density at radius 2 is 2.00 bits per heavy atom. The number of carbonyl (C=O) groups excluding carboxylic acids is 2. The van der Waals surface area contributed by atoms with Gasteiger partial charge in [-0.05, 0) is 49.7 Å². The van der Waals surface area contributed by atoms with E-state index in [1.54, 1.807) is 19.1 Å². The van der Waals surface area contributed by atoms with E-state index in [-0.39, 0.29) is 36.4 Å². The lowest BCUT2D eigenvalue weighted by molar-refractivity contribution is -0.190. The van der Waals surface area contributed by atoms with Crippen LogP contribution in [0.2, 0.25) is 0 Å². The van der Waals surface area contributed by atoms with Crippen molar-refractivity contribution in [3.63, 3.8) is 0 Å². The van der Waals surface area contributed by atoms with Gasteiger partial charge in [0.1, 0.15) is 6.61 Å². The van der Waals surface area contributed by atoms with Crippen molar-refractivity contribution in [3.8, 4) is 0 Å². The molecule has 0 spiro atoms. The molecule has 3 saturated carbocycles. The second-order valence-corrected chi connectivity index (χ2v) is 9.31. The van der Waals surface area contributed by atoms with Crippen molar-refractivity contribution < 1.29 is 30.0 Å². The molecule has 4 rings (SSSR count). The maximum Gasteiger partial charge on any atom is 0.192 e. The van der Waals surface area contributed by atoms with Crippen molar-refractivity contribution in [2.75, 3.05) is 6.61 Å². The minimum Gasteiger partial charge on any atom is -0.393 e. The molecule has 6 nitrogen and oxygen atoms in total. The molecule has 0 radical (unpaired) electrons. The van der Waals surface area contributed by atoms with Crippen molar-refractivity contribution in [1.82, 2.24) is 0 Å². The second-order valence-electron chi connectivity index (χ2n) is 9.31. The fraction of sp³-hybridized carbons (Fsp3) is 0.714. The summed E-state index contributed by atoms with van der Waals surface area (Å²) in [7, 11) is 0. The van der Waals surface area contributed by atoms with E-state index in [9.17, 15) is 30.0 Å². The average Bonchev–Trinajstić information content (AvgIpc) is 2.82. The molecule has 4 N–H and O–H groups in total. The molecule has 0 amide bonds. The normalized spacial score (nSPS) is 51.3. The Kier molecular flexibility index (Phi) is 4.10. The Hall–Kier alpha value is -1.34. The van der Waals surface area contributed by atoms with E-state index in [0.717, 1.165) is 18.4 Å². The third kappa shape index (κ3) is 2.21. The first-order chi connectivity index (χ1) is 12.6. The molecule has 148 valence electrons. The molecule has 0 aliphatic heterocycles. The van der Waals surface area contributed by atoms with Crippen LogP contribution in [0.5, 0.6) is 0 Å². The van der Waals surface area contributed by atoms with Crippen LogP contribution in [0, 0.1) is 28.6 Å². The van der Waals surface area contributed by atoms with Crippen LogP contribution >= 0.6 is 0 Å². The van der Waals surface area contributed by atoms with Crippen LogP contribution in [0.3, 0.4) is 0 Å². The maximum absolute atomic E-state index is 12.4. The molecule has 6 heteroatoms. The van der Waals surface area contributed by atoms with Gasteiger partial charge < -0.3 is 20.4 Å². The number of hydrogen-bond acceptors (Lipinski definition) is 6. The SMILES string of the molecule is C[C@]12C=CC(=O)C=C1CC[C@@H]1C2[C@@H](O)C[C@@]2(C)[C@H]1C[C@@H](O)[C@]2(O)C(=O)CO. The first-order valence-electron chi connectivity index (χ1n) is 9.76. The van der Waals surface area contributed by atoms with Gasteiger partial charge in [0, 0.05) is 16.7 Å². The van der Waals surface area contributed by atoms with Crippen LogP contribution < -0.4 is 0 Å². The van der Waals surface area contributed by atoms with Gasteiger partial charge in [0.15, 0.2) is 17.2 Å². The van der Waals surface area contributed by atoms with Crippen molar-refractivity contribution in [2.45, 2.75) is 57.3 Å². The number of aliphatic hydroxyl groups is 4. The zero-order valence-electron chi connectivity index (χ0n) is 15.8. The Morgan fingerprint density at radius 1 is 1.30 bits per heavy atom. The standard InChI is InChI=1S/C21H28O6/c1-19-6-5-12(23)7-11(19)3-4-13-14-8-16(25)21(27,17(26)10-22)20(14,2)9-15(24)18(13)19/h5-7,13-16,18,22,24-25,27H,3-4,8-10H2,1-2H3/t13-,14-,15-,16+,18?,19-,20-,21-/m0/s1. The summed E-state index contributed by atoms with van der Waals surface area (Å²) in [5, 5.41) is 42.3. The molecule has 0 aromatic heterocycles. The van der Waals surface area contributed by atoms with Crippen LogP contribution in [0.15, 0.2) is 23.8 Å². The summed E-state index contributed by atoms with van der Waals surface area (Å²) in [6, 6.07) is 0. The summed E-state index contributed by atoms with van der Waals surface area (Å²) < 4.78 is 0. The fourth-order valence-electron chi connectivity index (χ4n) is 6.96. The minimum absolute atomic E-state index is 0.00826. The van der Waals surface area contributed by atoms with Gasteiger partial charge >= 0.3 is 0 Å². The summed E-state index contributed by atoms with van der Waals surface area (Å²) in [4.78, 5) is 24.2. The predicted molar refractivity (Wildman–Crippen MR) is 96.4 cm³/mol. The fourth-order valence-corrected chi connectivity index (χ4v) is 6.96. The van der Waals surface area contributed by atoms with E-state index in [1.807, 2.05) is 13.0 Å². The van der Waals surface area contributed by atoms with Crippen molar-refractivity contribution >= 4 is 11.6 Å². The zero-order chi connectivity index (χ0) is 19.8. The Labute approximate surface area is 158 Å². The molecular weight excluding hydrogens is 348 g/mol. The quantitative estimate of drug-likeness (QED) is 0.559. The van der Waals surface area contributed by atoms with Gasteiger partial charge in [-0.25, -0.2) is 0 Å². The number of hydrogen-bond donors (Lipinski definition) is 4. The molecule has 4 aliphatic rings. The predicted octanol–water partition coefficient (Wildman–Crippen LogP) is 0.528. The Balaban J connectivity index is 1.78. The second kappa shape index (κ2) is 5.83. The lowest BCUT2D eigenvalue weighted by Crippen LogP contribution is -2.63. The molecule has 0 bridgehead atoms. The molecule has 0 aromatic carbocycles. The number of rotatable bonds is 2. The summed E-state index contributed by atoms with van der Waals surface area (Å²) in [6.07, 6.45) is 4.97. The Bertz CT molecular complexity index is 756. The summed E-state index contributed by atoms with van der Waals surface area (Å²) in [5.74, 6) is -1.09. The highest BCUT2D eigenvalue weighted by Crippen LogP contribution is 2.67. The molecule has 4 aliphatic carbocycles. The third-order valence-corrected chi connectivity index (χ3v) is 8.28. The average molecular weight is 376 g/mol. The first kappa shape index (κ1) is 19.0. The number of aliphatic hydroxyl groups excluding tert-OH is 3. The summed E-state index contributed by atoms with van der Waals surface area (Å²) >= 11 is 0. The van der Waals surface area contributed by atoms with E-state index < -0.39 is 41.0 Å². The highest BCUT2D eigenvalue weighted by Gasteiger charge is 2.71. The number of carbonyl (C=O) groups is 2. The lowest BCUT2D eigenvalue weighted by Gasteiger charge is -2.59. The molecule has 1 unspecified atom stereocenters. The monoisotopic (exact) mass is 376 g/mol. The highest BCUT2D eigenvalue weighted by molar-refractivity contribution is 6.01. The van der Waals surface area contributed by atoms with Gasteiger partial charge in [-0.15, -0.1) is 0 Å². The highest BCUT2D eigenvalue weighted by atomic mass is 16.4. The molecule has 0 aromatic rings. The summed E-state index contributed by atoms with van der Waals surface area (Å²) in [6.45, 7) is 2.96. The van der Waals surface area contributed by atoms with E-state index in [0.29, 0.717) is 0 Å². The van der Waals surface area contributed by atoms with Crippen LogP contribution in [0.25, 0.3) is 0 Å². The molecular formula is C21H28O6. The number of fused-ring (bicyclic) bond motifs is 5. The molecule has 0 heterocycles. The van der Waals surface area contributed by atoms with Gasteiger partial charge in [-0.2, -0.15) is 0 Å². The largest absolute Gasteiger partial charge is 0.393 e. The minimum atomic E-state index is -2.05. The topological polar surface area (TPSA) is 115 Å². The first-order valence-corrected chi connectivity index (χ1v) is 9.76. The number of Topliss-reactive ketones (excluding diaryl/α,β-unsaturated/α-hetero) is 1. The van der Waals surface area contributed by atoms with Gasteiger partial charge in [-0.3, -0.25) is 9.59 Å². The van der Waals surface area contributed by atoms with E-state index >= 15 is 0 Å². The number of allylic oxidation sites excluding steroid dienone is 4. The zero-order valence-corrected chi connectivity index (χ0v) is 15.8. The molecule has 27 heavy (non-hydrogen) atoms. The van der Waals surface area contributed by atoms with Crippen molar-refractivity contribution in [1.29, 1.82) is 0 Å². The van der Waals surface area contributed by atoms with Crippen LogP contribution in [-0.4, -0.2) is 56.4 Å². The van der Waals surface area contributed by atoms with Crippen LogP contribution in [-0.2, 0) is 9.59 Å². The van der Waals surface area contributed by atoms with E-state index in [2.05, 4.69) is 0 Å². The maximum atomic E-state index is 12.4. The van der Waals surface area contributed by atoms with E-state index in [1.165, 1.54) is 0 Å². The summed E-state index contributed by atoms with van der Waals surface area (Å²) in [5.41, 5.74) is -2.46. The third-order valence-electron chi connectivity index (χ3n) is 8.28. The van der Waals surface area contributed by atoms with Gasteiger partial charge in [-0.1, -0.05) is 25.5 Å². The molecule has 3 fully saturated rings. The van der Waals surface area contributed by atoms with Gasteiger partial charge in [0.05, 0.1) is 12.2 Å². The lowest BCUT2D eigenvalue weighted by atomic mass is 9.46. The van der Waals surface area contributed by atoms with Crippen molar-refractivity contribution in [2.24, 2.45) is 28.6 Å².